The second-order valence-electron chi connectivity index (χ2n) is 6.83. The number of fused-ring (bicyclic) bond motifs is 1. The number of pyridine rings is 2. The lowest BCUT2D eigenvalue weighted by molar-refractivity contribution is 0.0776. The van der Waals surface area contributed by atoms with E-state index in [2.05, 4.69) is 25.1 Å². The molecule has 0 bridgehead atoms. The van der Waals surface area contributed by atoms with Crippen molar-refractivity contribution in [1.82, 2.24) is 30.0 Å². The number of aromatic nitrogens is 4. The molecule has 4 heterocycles. The van der Waals surface area contributed by atoms with Gasteiger partial charge in [-0.3, -0.25) is 24.8 Å². The Morgan fingerprint density at radius 1 is 1.26 bits per heavy atom. The zero-order valence-corrected chi connectivity index (χ0v) is 15.3. The van der Waals surface area contributed by atoms with E-state index in [4.69, 9.17) is 0 Å². The molecule has 0 saturated carbocycles. The van der Waals surface area contributed by atoms with Gasteiger partial charge < -0.3 is 4.90 Å². The van der Waals surface area contributed by atoms with Crippen molar-refractivity contribution in [2.45, 2.75) is 26.1 Å². The van der Waals surface area contributed by atoms with Crippen LogP contribution in [0.15, 0.2) is 48.9 Å². The third-order valence-corrected chi connectivity index (χ3v) is 4.82. The lowest BCUT2D eigenvalue weighted by Crippen LogP contribution is -2.32. The van der Waals surface area contributed by atoms with Gasteiger partial charge in [-0.15, -0.1) is 0 Å². The normalized spacial score (nSPS) is 14.0. The quantitative estimate of drug-likeness (QED) is 0.751. The number of rotatable bonds is 5. The molecule has 0 aromatic carbocycles. The Labute approximate surface area is 158 Å². The van der Waals surface area contributed by atoms with Gasteiger partial charge in [-0.25, -0.2) is 0 Å². The first-order chi connectivity index (χ1) is 13.2. The Kier molecular flexibility index (Phi) is 4.93. The number of amides is 1. The molecule has 7 heteroatoms. The van der Waals surface area contributed by atoms with E-state index < -0.39 is 0 Å². The molecule has 0 aliphatic carbocycles. The van der Waals surface area contributed by atoms with Crippen molar-refractivity contribution in [1.29, 1.82) is 0 Å². The van der Waals surface area contributed by atoms with Gasteiger partial charge in [-0.05, 0) is 23.8 Å². The summed E-state index contributed by atoms with van der Waals surface area (Å²) in [6.45, 7) is 2.89. The second kappa shape index (κ2) is 7.67. The number of carbonyl (C=O) groups is 1. The predicted octanol–water partition coefficient (Wildman–Crippen LogP) is 2.03. The number of aromatic amines is 1. The predicted molar refractivity (Wildman–Crippen MR) is 101 cm³/mol. The summed E-state index contributed by atoms with van der Waals surface area (Å²) in [7, 11) is 1.80. The van der Waals surface area contributed by atoms with Crippen LogP contribution < -0.4 is 0 Å². The van der Waals surface area contributed by atoms with Gasteiger partial charge in [-0.2, -0.15) is 5.10 Å². The summed E-state index contributed by atoms with van der Waals surface area (Å²) in [5.74, 6) is -0.0731. The molecule has 7 nitrogen and oxygen atoms in total. The van der Waals surface area contributed by atoms with Gasteiger partial charge in [0.05, 0.1) is 5.69 Å². The fourth-order valence-electron chi connectivity index (χ4n) is 3.40. The van der Waals surface area contributed by atoms with Crippen LogP contribution in [0.3, 0.4) is 0 Å². The highest BCUT2D eigenvalue weighted by Crippen LogP contribution is 2.22. The molecular weight excluding hydrogens is 340 g/mol. The van der Waals surface area contributed by atoms with E-state index >= 15 is 0 Å². The zero-order valence-electron chi connectivity index (χ0n) is 15.3. The molecule has 3 aromatic heterocycles. The molecule has 0 radical (unpaired) electrons. The van der Waals surface area contributed by atoms with Crippen molar-refractivity contribution in [2.24, 2.45) is 0 Å². The number of hydrogen-bond donors (Lipinski definition) is 1. The van der Waals surface area contributed by atoms with Crippen molar-refractivity contribution >= 4 is 5.91 Å². The number of nitrogens with zero attached hydrogens (tertiary/aromatic N) is 5. The Hall–Kier alpha value is -3.06. The maximum absolute atomic E-state index is 12.9. The first-order valence-electron chi connectivity index (χ1n) is 9.03. The van der Waals surface area contributed by atoms with E-state index in [9.17, 15) is 4.79 Å². The minimum absolute atomic E-state index is 0.0731. The van der Waals surface area contributed by atoms with Crippen LogP contribution in [0.2, 0.25) is 0 Å². The van der Waals surface area contributed by atoms with Crippen LogP contribution in [0.5, 0.6) is 0 Å². The van der Waals surface area contributed by atoms with Crippen molar-refractivity contribution in [3.63, 3.8) is 0 Å². The molecule has 0 spiro atoms. The highest BCUT2D eigenvalue weighted by Gasteiger charge is 2.27. The van der Waals surface area contributed by atoms with Gasteiger partial charge >= 0.3 is 0 Å². The third kappa shape index (κ3) is 3.88. The molecule has 0 fully saturated rings. The monoisotopic (exact) mass is 362 g/mol. The lowest BCUT2D eigenvalue weighted by Gasteiger charge is -2.27. The summed E-state index contributed by atoms with van der Waals surface area (Å²) >= 11 is 0. The van der Waals surface area contributed by atoms with Crippen LogP contribution in [0.25, 0.3) is 0 Å². The SMILES string of the molecule is CN(Cc1cccnc1)C(=O)c1n[nH]c2c1CN(Cc1ccccn1)CC2. The van der Waals surface area contributed by atoms with E-state index in [1.807, 2.05) is 36.5 Å². The van der Waals surface area contributed by atoms with Gasteiger partial charge in [0.2, 0.25) is 0 Å². The standard InChI is InChI=1S/C20H22N6O/c1-25(12-15-5-4-8-21-11-15)20(27)19-17-14-26(10-7-18(17)23-24-19)13-16-6-2-3-9-22-16/h2-6,8-9,11H,7,10,12-14H2,1H3,(H,23,24). The number of carbonyl (C=O) groups excluding carboxylic acids is 1. The van der Waals surface area contributed by atoms with E-state index in [0.29, 0.717) is 18.8 Å². The minimum Gasteiger partial charge on any atom is -0.336 e. The molecule has 4 rings (SSSR count). The van der Waals surface area contributed by atoms with Crippen LogP contribution in [0, 0.1) is 0 Å². The topological polar surface area (TPSA) is 78.0 Å². The fourth-order valence-corrected chi connectivity index (χ4v) is 3.40. The first-order valence-corrected chi connectivity index (χ1v) is 9.03. The second-order valence-corrected chi connectivity index (χ2v) is 6.83. The molecule has 0 atom stereocenters. The highest BCUT2D eigenvalue weighted by molar-refractivity contribution is 5.93. The maximum atomic E-state index is 12.9. The summed E-state index contributed by atoms with van der Waals surface area (Å²) in [5.41, 5.74) is 4.60. The Bertz CT molecular complexity index is 909. The molecule has 0 unspecified atom stereocenters. The third-order valence-electron chi connectivity index (χ3n) is 4.82. The smallest absolute Gasteiger partial charge is 0.274 e. The van der Waals surface area contributed by atoms with E-state index in [1.54, 1.807) is 24.3 Å². The maximum Gasteiger partial charge on any atom is 0.274 e. The average molecular weight is 362 g/mol. The van der Waals surface area contributed by atoms with Crippen LogP contribution in [0.1, 0.15) is 33.0 Å². The largest absolute Gasteiger partial charge is 0.336 e. The van der Waals surface area contributed by atoms with Crippen molar-refractivity contribution < 1.29 is 4.79 Å². The molecule has 0 saturated heterocycles. The van der Waals surface area contributed by atoms with Crippen LogP contribution in [0.4, 0.5) is 0 Å². The highest BCUT2D eigenvalue weighted by atomic mass is 16.2. The van der Waals surface area contributed by atoms with Crippen molar-refractivity contribution in [3.05, 3.63) is 77.1 Å². The lowest BCUT2D eigenvalue weighted by atomic mass is 10.0. The summed E-state index contributed by atoms with van der Waals surface area (Å²) in [5, 5.41) is 7.39. The molecule has 3 aromatic rings. The molecule has 1 amide bonds. The number of nitrogens with one attached hydrogen (secondary N) is 1. The molecule has 27 heavy (non-hydrogen) atoms. The molecule has 1 aliphatic rings. The Morgan fingerprint density at radius 3 is 2.96 bits per heavy atom. The van der Waals surface area contributed by atoms with E-state index in [-0.39, 0.29) is 5.91 Å². The average Bonchev–Trinajstić information content (AvgIpc) is 3.12. The van der Waals surface area contributed by atoms with Crippen LogP contribution >= 0.6 is 0 Å². The molecule has 138 valence electrons. The fraction of sp³-hybridized carbons (Fsp3) is 0.300. The van der Waals surface area contributed by atoms with E-state index in [1.165, 1.54) is 0 Å². The van der Waals surface area contributed by atoms with Crippen molar-refractivity contribution in [3.8, 4) is 0 Å². The minimum atomic E-state index is -0.0731. The summed E-state index contributed by atoms with van der Waals surface area (Å²) < 4.78 is 0. The van der Waals surface area contributed by atoms with E-state index in [0.717, 1.165) is 42.0 Å². The Balaban J connectivity index is 1.48. The van der Waals surface area contributed by atoms with Crippen LogP contribution in [-0.4, -0.2) is 49.5 Å². The number of hydrogen-bond acceptors (Lipinski definition) is 5. The van der Waals surface area contributed by atoms with Crippen molar-refractivity contribution in [2.75, 3.05) is 13.6 Å². The molecule has 1 N–H and O–H groups in total. The summed E-state index contributed by atoms with van der Waals surface area (Å²) in [6, 6.07) is 9.78. The van der Waals surface area contributed by atoms with Gasteiger partial charge in [-0.1, -0.05) is 12.1 Å². The number of H-pyrrole nitrogens is 1. The summed E-state index contributed by atoms with van der Waals surface area (Å²) in [4.78, 5) is 25.4. The Morgan fingerprint density at radius 2 is 2.19 bits per heavy atom. The van der Waals surface area contributed by atoms with Gasteiger partial charge in [0, 0.05) is 69.5 Å². The van der Waals surface area contributed by atoms with Gasteiger partial charge in [0.15, 0.2) is 5.69 Å². The molecule has 1 aliphatic heterocycles. The molecular formula is C20H22N6O. The zero-order chi connectivity index (χ0) is 18.6. The summed E-state index contributed by atoms with van der Waals surface area (Å²) in [6.07, 6.45) is 6.17. The van der Waals surface area contributed by atoms with Gasteiger partial charge in [0.1, 0.15) is 0 Å². The van der Waals surface area contributed by atoms with Gasteiger partial charge in [0.25, 0.3) is 5.91 Å². The first kappa shape index (κ1) is 17.4. The van der Waals surface area contributed by atoms with Crippen LogP contribution in [-0.2, 0) is 26.1 Å².